The molecule has 0 aromatic carbocycles. The van der Waals surface area contributed by atoms with Gasteiger partial charge in [-0.1, -0.05) is 26.0 Å². The van der Waals surface area contributed by atoms with E-state index in [1.54, 1.807) is 12.2 Å². The molecule has 0 spiro atoms. The highest BCUT2D eigenvalue weighted by Gasteiger charge is 2.19. The third-order valence-corrected chi connectivity index (χ3v) is 1.98. The predicted octanol–water partition coefficient (Wildman–Crippen LogP) is 1.87. The number of rotatable bonds is 2. The number of hydrogen-bond acceptors (Lipinski definition) is 3. The lowest BCUT2D eigenvalue weighted by atomic mass is 9.93. The number of hydrogen-bond donors (Lipinski definition) is 0. The van der Waals surface area contributed by atoms with Crippen molar-refractivity contribution in [2.24, 2.45) is 5.41 Å². The predicted molar refractivity (Wildman–Crippen MR) is 52.1 cm³/mol. The maximum atomic E-state index is 10.6. The molecule has 74 valence electrons. The van der Waals surface area contributed by atoms with Gasteiger partial charge in [0.05, 0.1) is 10.5 Å². The van der Waals surface area contributed by atoms with Crippen molar-refractivity contribution in [3.63, 3.8) is 0 Å². The summed E-state index contributed by atoms with van der Waals surface area (Å²) >= 11 is 0. The van der Waals surface area contributed by atoms with E-state index in [2.05, 4.69) is 0 Å². The van der Waals surface area contributed by atoms with Gasteiger partial charge in [0.2, 0.25) is 0 Å². The lowest BCUT2D eigenvalue weighted by Crippen LogP contribution is -2.01. The molecule has 0 aliphatic heterocycles. The first-order valence-electron chi connectivity index (χ1n) is 4.18. The first kappa shape index (κ1) is 10.4. The highest BCUT2D eigenvalue weighted by molar-refractivity contribution is 5.79. The molecular weight excluding hydrogens is 182 g/mol. The fourth-order valence-corrected chi connectivity index (χ4v) is 1.10. The molecule has 14 heavy (non-hydrogen) atoms. The Morgan fingerprint density at radius 1 is 1.36 bits per heavy atom. The molecular formula is C10H11NO3. The van der Waals surface area contributed by atoms with Crippen molar-refractivity contribution in [3.8, 4) is 0 Å². The highest BCUT2D eigenvalue weighted by Crippen LogP contribution is 2.24. The van der Waals surface area contributed by atoms with Crippen LogP contribution in [0.15, 0.2) is 35.6 Å². The van der Waals surface area contributed by atoms with E-state index >= 15 is 0 Å². The highest BCUT2D eigenvalue weighted by atomic mass is 16.6. The summed E-state index contributed by atoms with van der Waals surface area (Å²) in [5, 5.41) is 10.6. The van der Waals surface area contributed by atoms with Gasteiger partial charge in [0.15, 0.2) is 6.29 Å². The summed E-state index contributed by atoms with van der Waals surface area (Å²) in [4.78, 5) is 20.6. The van der Waals surface area contributed by atoms with Crippen LogP contribution in [-0.2, 0) is 4.79 Å². The van der Waals surface area contributed by atoms with Crippen LogP contribution in [0.1, 0.15) is 13.8 Å². The standard InChI is InChI=1S/C10H11NO3/c1-10(2)5-3-8(7-12)9(4-6-10)11(13)14/h3-7H,1-2H3. The lowest BCUT2D eigenvalue weighted by Gasteiger charge is -2.11. The second-order valence-corrected chi connectivity index (χ2v) is 3.70. The summed E-state index contributed by atoms with van der Waals surface area (Å²) in [6.45, 7) is 3.82. The summed E-state index contributed by atoms with van der Waals surface area (Å²) in [5.74, 6) is 0. The third kappa shape index (κ3) is 2.16. The Bertz CT molecular complexity index is 362. The van der Waals surface area contributed by atoms with Crippen molar-refractivity contribution < 1.29 is 9.72 Å². The van der Waals surface area contributed by atoms with Gasteiger partial charge in [-0.15, -0.1) is 0 Å². The van der Waals surface area contributed by atoms with Gasteiger partial charge < -0.3 is 0 Å². The van der Waals surface area contributed by atoms with Crippen molar-refractivity contribution in [2.45, 2.75) is 13.8 Å². The Morgan fingerprint density at radius 2 is 1.93 bits per heavy atom. The molecule has 0 aromatic heterocycles. The first-order valence-corrected chi connectivity index (χ1v) is 4.18. The van der Waals surface area contributed by atoms with Crippen molar-refractivity contribution >= 4 is 6.29 Å². The zero-order valence-corrected chi connectivity index (χ0v) is 8.06. The minimum Gasteiger partial charge on any atom is -0.298 e. The quantitative estimate of drug-likeness (QED) is 0.382. The fourth-order valence-electron chi connectivity index (χ4n) is 1.10. The van der Waals surface area contributed by atoms with E-state index < -0.39 is 4.92 Å². The summed E-state index contributed by atoms with van der Waals surface area (Å²) in [7, 11) is 0. The van der Waals surface area contributed by atoms with E-state index in [0.29, 0.717) is 6.29 Å². The summed E-state index contributed by atoms with van der Waals surface area (Å²) < 4.78 is 0. The average Bonchev–Trinajstić information content (AvgIpc) is 2.23. The van der Waals surface area contributed by atoms with Crippen LogP contribution < -0.4 is 0 Å². The van der Waals surface area contributed by atoms with Gasteiger partial charge in [-0.05, 0) is 6.08 Å². The number of aldehydes is 1. The van der Waals surface area contributed by atoms with Gasteiger partial charge in [0.25, 0.3) is 5.70 Å². The number of nitrogens with zero attached hydrogens (tertiary/aromatic N) is 1. The maximum Gasteiger partial charge on any atom is 0.279 e. The lowest BCUT2D eigenvalue weighted by molar-refractivity contribution is -0.419. The Balaban J connectivity index is 3.23. The molecule has 0 amide bonds. The summed E-state index contributed by atoms with van der Waals surface area (Å²) in [6.07, 6.45) is 6.84. The van der Waals surface area contributed by atoms with Gasteiger partial charge in [-0.25, -0.2) is 0 Å². The van der Waals surface area contributed by atoms with Crippen molar-refractivity contribution in [1.82, 2.24) is 0 Å². The van der Waals surface area contributed by atoms with Gasteiger partial charge in [0, 0.05) is 11.5 Å². The van der Waals surface area contributed by atoms with Crippen LogP contribution in [0.4, 0.5) is 0 Å². The van der Waals surface area contributed by atoms with Gasteiger partial charge in [0.1, 0.15) is 0 Å². The molecule has 0 saturated heterocycles. The van der Waals surface area contributed by atoms with Crippen molar-refractivity contribution in [3.05, 3.63) is 45.7 Å². The molecule has 4 nitrogen and oxygen atoms in total. The number of carbonyl (C=O) groups excluding carboxylic acids is 1. The molecule has 0 aromatic rings. The van der Waals surface area contributed by atoms with Crippen LogP contribution in [0, 0.1) is 15.5 Å². The van der Waals surface area contributed by atoms with Crippen LogP contribution in [0.2, 0.25) is 0 Å². The molecule has 0 radical (unpaired) electrons. The zero-order chi connectivity index (χ0) is 10.8. The van der Waals surface area contributed by atoms with E-state index in [1.807, 2.05) is 13.8 Å². The fraction of sp³-hybridized carbons (Fsp3) is 0.300. The minimum atomic E-state index is -0.550. The third-order valence-electron chi connectivity index (χ3n) is 1.98. The Hall–Kier alpha value is -1.71. The molecule has 0 bridgehead atoms. The maximum absolute atomic E-state index is 10.6. The molecule has 0 atom stereocenters. The van der Waals surface area contributed by atoms with E-state index in [4.69, 9.17) is 0 Å². The van der Waals surface area contributed by atoms with Crippen molar-refractivity contribution in [1.29, 1.82) is 0 Å². The Kier molecular flexibility index (Phi) is 2.65. The second kappa shape index (κ2) is 3.57. The van der Waals surface area contributed by atoms with Crippen LogP contribution >= 0.6 is 0 Å². The van der Waals surface area contributed by atoms with Crippen LogP contribution in [0.5, 0.6) is 0 Å². The molecule has 1 aliphatic rings. The largest absolute Gasteiger partial charge is 0.298 e. The SMILES string of the molecule is CC1(C)C=CC(C=O)=C([N+](=O)[O-])C=C1. The molecule has 1 aliphatic carbocycles. The first-order chi connectivity index (χ1) is 6.46. The zero-order valence-electron chi connectivity index (χ0n) is 8.06. The number of nitro groups is 1. The van der Waals surface area contributed by atoms with Crippen molar-refractivity contribution in [2.75, 3.05) is 0 Å². The van der Waals surface area contributed by atoms with E-state index in [-0.39, 0.29) is 16.7 Å². The Morgan fingerprint density at radius 3 is 2.43 bits per heavy atom. The molecule has 1 rings (SSSR count). The molecule has 0 fully saturated rings. The summed E-state index contributed by atoms with van der Waals surface area (Å²) in [5.41, 5.74) is -0.301. The second-order valence-electron chi connectivity index (χ2n) is 3.70. The van der Waals surface area contributed by atoms with Gasteiger partial charge in [-0.3, -0.25) is 14.9 Å². The van der Waals surface area contributed by atoms with Crippen LogP contribution in [0.25, 0.3) is 0 Å². The molecule has 0 N–H and O–H groups in total. The van der Waals surface area contributed by atoms with Gasteiger partial charge >= 0.3 is 0 Å². The number of allylic oxidation sites excluding steroid dienone is 5. The van der Waals surface area contributed by atoms with Crippen LogP contribution in [0.3, 0.4) is 0 Å². The number of carbonyl (C=O) groups is 1. The van der Waals surface area contributed by atoms with Crippen LogP contribution in [-0.4, -0.2) is 11.2 Å². The molecule has 0 unspecified atom stereocenters. The topological polar surface area (TPSA) is 60.2 Å². The Labute approximate surface area is 81.8 Å². The minimum absolute atomic E-state index is 0.108. The smallest absolute Gasteiger partial charge is 0.279 e. The normalized spacial score (nSPS) is 19.3. The van der Waals surface area contributed by atoms with Gasteiger partial charge in [-0.2, -0.15) is 0 Å². The summed E-state index contributed by atoms with van der Waals surface area (Å²) in [6, 6.07) is 0. The molecule has 4 heteroatoms. The van der Waals surface area contributed by atoms with E-state index in [0.717, 1.165) is 0 Å². The average molecular weight is 193 g/mol. The molecule has 0 heterocycles. The molecule has 0 saturated carbocycles. The van der Waals surface area contributed by atoms with E-state index in [9.17, 15) is 14.9 Å². The monoisotopic (exact) mass is 193 g/mol. The van der Waals surface area contributed by atoms with E-state index in [1.165, 1.54) is 12.2 Å².